The Hall–Kier alpha value is -1.15. The second-order valence-corrected chi connectivity index (χ2v) is 6.96. The van der Waals surface area contributed by atoms with Gasteiger partial charge in [-0.1, -0.05) is 111 Å². The minimum absolute atomic E-state index is 0.141. The summed E-state index contributed by atoms with van der Waals surface area (Å²) in [7, 11) is 0. The Bertz CT molecular complexity index is 420. The van der Waals surface area contributed by atoms with Gasteiger partial charge in [-0.3, -0.25) is 4.79 Å². The lowest BCUT2D eigenvalue weighted by Gasteiger charge is -2.05. The summed E-state index contributed by atoms with van der Waals surface area (Å²) < 4.78 is 0. The number of aryl methyl sites for hydroxylation is 1. The summed E-state index contributed by atoms with van der Waals surface area (Å²) in [6, 6.07) is 7.84. The molecular formula is C25H48O2. The minimum atomic E-state index is 0.141. The third kappa shape index (κ3) is 21.0. The predicted octanol–water partition coefficient (Wildman–Crippen LogP) is 7.75. The predicted molar refractivity (Wildman–Crippen MR) is 122 cm³/mol. The van der Waals surface area contributed by atoms with E-state index in [0.29, 0.717) is 12.2 Å². The first-order valence-electron chi connectivity index (χ1n) is 11.0. The molecular weight excluding hydrogens is 332 g/mol. The van der Waals surface area contributed by atoms with Crippen molar-refractivity contribution in [1.82, 2.24) is 0 Å². The van der Waals surface area contributed by atoms with Gasteiger partial charge >= 0.3 is 0 Å². The lowest BCUT2D eigenvalue weighted by atomic mass is 10.0. The highest BCUT2D eigenvalue weighted by atomic mass is 16.3. The number of hydrogen-bond donors (Lipinski definition) is 1. The Morgan fingerprint density at radius 1 is 1.00 bits per heavy atom. The van der Waals surface area contributed by atoms with Gasteiger partial charge in [0, 0.05) is 12.3 Å². The van der Waals surface area contributed by atoms with Crippen LogP contribution in [0.5, 0.6) is 0 Å². The molecule has 27 heavy (non-hydrogen) atoms. The maximum absolute atomic E-state index is 10.7. The molecule has 1 aromatic rings. The topological polar surface area (TPSA) is 37.3 Å². The number of rotatable bonds is 8. The molecule has 0 amide bonds. The quantitative estimate of drug-likeness (QED) is 0.500. The van der Waals surface area contributed by atoms with Gasteiger partial charge in [0.2, 0.25) is 0 Å². The highest BCUT2D eigenvalue weighted by molar-refractivity contribution is 5.80. The molecule has 0 saturated heterocycles. The summed E-state index contributed by atoms with van der Waals surface area (Å²) in [4.78, 5) is 10.7. The van der Waals surface area contributed by atoms with Crippen LogP contribution in [0.3, 0.4) is 0 Å². The third-order valence-corrected chi connectivity index (χ3v) is 4.34. The maximum atomic E-state index is 10.7. The van der Waals surface area contributed by atoms with Gasteiger partial charge in [-0.15, -0.1) is 0 Å². The first-order valence-corrected chi connectivity index (χ1v) is 11.0. The first kappa shape index (κ1) is 30.6. The fraction of sp³-hybridized carbons (Fsp3) is 0.720. The van der Waals surface area contributed by atoms with Gasteiger partial charge in [-0.25, -0.2) is 0 Å². The SMILES string of the molecule is CC.CCC(=O)C(C)CC.CCCC(C)CCC.Cc1cccc(CO)c1. The summed E-state index contributed by atoms with van der Waals surface area (Å²) in [5, 5.41) is 8.66. The summed E-state index contributed by atoms with van der Waals surface area (Å²) in [5.74, 6) is 1.62. The van der Waals surface area contributed by atoms with Gasteiger partial charge in [0.15, 0.2) is 0 Å². The average Bonchev–Trinajstić information content (AvgIpc) is 2.69. The van der Waals surface area contributed by atoms with E-state index < -0.39 is 0 Å². The molecule has 1 atom stereocenters. The number of aliphatic hydroxyl groups excluding tert-OH is 1. The van der Waals surface area contributed by atoms with Crippen LogP contribution in [0.1, 0.15) is 105 Å². The van der Waals surface area contributed by atoms with Crippen molar-refractivity contribution in [2.45, 2.75) is 107 Å². The van der Waals surface area contributed by atoms with E-state index in [0.717, 1.165) is 17.9 Å². The van der Waals surface area contributed by atoms with Crippen LogP contribution in [0.4, 0.5) is 0 Å². The smallest absolute Gasteiger partial charge is 0.135 e. The van der Waals surface area contributed by atoms with Gasteiger partial charge in [0.05, 0.1) is 6.61 Å². The summed E-state index contributed by atoms with van der Waals surface area (Å²) in [6.45, 7) is 18.9. The third-order valence-electron chi connectivity index (χ3n) is 4.34. The fourth-order valence-corrected chi connectivity index (χ4v) is 2.52. The Morgan fingerprint density at radius 2 is 1.52 bits per heavy atom. The van der Waals surface area contributed by atoms with E-state index in [9.17, 15) is 4.79 Å². The largest absolute Gasteiger partial charge is 0.392 e. The van der Waals surface area contributed by atoms with E-state index in [1.165, 1.54) is 31.2 Å². The van der Waals surface area contributed by atoms with Crippen molar-refractivity contribution < 1.29 is 9.90 Å². The van der Waals surface area contributed by atoms with Crippen molar-refractivity contribution in [1.29, 1.82) is 0 Å². The zero-order chi connectivity index (χ0) is 21.7. The van der Waals surface area contributed by atoms with Crippen LogP contribution in [-0.4, -0.2) is 10.9 Å². The molecule has 0 aliphatic rings. The van der Waals surface area contributed by atoms with Crippen molar-refractivity contribution in [2.24, 2.45) is 11.8 Å². The van der Waals surface area contributed by atoms with E-state index in [-0.39, 0.29) is 12.5 Å². The Labute approximate surface area is 170 Å². The van der Waals surface area contributed by atoms with Crippen LogP contribution in [0.25, 0.3) is 0 Å². The molecule has 0 radical (unpaired) electrons. The number of Topliss-reactive ketones (excluding diaryl/α,β-unsaturated/α-hetero) is 1. The van der Waals surface area contributed by atoms with Crippen LogP contribution in [0.2, 0.25) is 0 Å². The highest BCUT2D eigenvalue weighted by Gasteiger charge is 2.05. The maximum Gasteiger partial charge on any atom is 0.135 e. The number of benzene rings is 1. The molecule has 1 unspecified atom stereocenters. The zero-order valence-electron chi connectivity index (χ0n) is 19.8. The molecule has 2 nitrogen and oxygen atoms in total. The van der Waals surface area contributed by atoms with E-state index in [4.69, 9.17) is 5.11 Å². The zero-order valence-corrected chi connectivity index (χ0v) is 19.8. The summed E-state index contributed by atoms with van der Waals surface area (Å²) >= 11 is 0. The Kier molecular flexibility index (Phi) is 25.9. The van der Waals surface area contributed by atoms with Gasteiger partial charge in [-0.05, 0) is 24.8 Å². The molecule has 0 aliphatic heterocycles. The monoisotopic (exact) mass is 380 g/mol. The van der Waals surface area contributed by atoms with Crippen LogP contribution in [0.15, 0.2) is 24.3 Å². The minimum Gasteiger partial charge on any atom is -0.392 e. The number of hydrogen-bond acceptors (Lipinski definition) is 2. The molecule has 0 fully saturated rings. The lowest BCUT2D eigenvalue weighted by Crippen LogP contribution is -2.06. The van der Waals surface area contributed by atoms with Gasteiger partial charge in [-0.2, -0.15) is 0 Å². The van der Waals surface area contributed by atoms with Crippen LogP contribution >= 0.6 is 0 Å². The molecule has 0 bridgehead atoms. The highest BCUT2D eigenvalue weighted by Crippen LogP contribution is 2.10. The van der Waals surface area contributed by atoms with Gasteiger partial charge in [0.25, 0.3) is 0 Å². The number of carbonyl (C=O) groups excluding carboxylic acids is 1. The second-order valence-electron chi connectivity index (χ2n) is 6.96. The van der Waals surface area contributed by atoms with Crippen molar-refractivity contribution >= 4 is 5.78 Å². The van der Waals surface area contributed by atoms with Crippen molar-refractivity contribution in [2.75, 3.05) is 0 Å². The lowest BCUT2D eigenvalue weighted by molar-refractivity contribution is -0.122. The van der Waals surface area contributed by atoms with Crippen LogP contribution < -0.4 is 0 Å². The second kappa shape index (κ2) is 22.9. The average molecular weight is 381 g/mol. The summed E-state index contributed by atoms with van der Waals surface area (Å²) in [6.07, 6.45) is 7.19. The van der Waals surface area contributed by atoms with Gasteiger partial charge in [0.1, 0.15) is 5.78 Å². The molecule has 1 N–H and O–H groups in total. The van der Waals surface area contributed by atoms with Crippen LogP contribution in [0, 0.1) is 18.8 Å². The fourth-order valence-electron chi connectivity index (χ4n) is 2.52. The standard InChI is InChI=1S/C8H10O.C8H18.C7H14O.C2H6/c1-7-3-2-4-8(5-7)6-9;1-4-6-8(3)7-5-2;1-4-6(3)7(8)5-2;1-2/h2-5,9H,6H2,1H3;8H,4-7H2,1-3H3;6H,4-5H2,1-3H3;1-2H3. The van der Waals surface area contributed by atoms with Gasteiger partial charge < -0.3 is 5.11 Å². The molecule has 0 heterocycles. The van der Waals surface area contributed by atoms with Crippen molar-refractivity contribution in [3.63, 3.8) is 0 Å². The molecule has 0 spiro atoms. The van der Waals surface area contributed by atoms with Crippen molar-refractivity contribution in [3.8, 4) is 0 Å². The van der Waals surface area contributed by atoms with E-state index >= 15 is 0 Å². The molecule has 1 rings (SSSR count). The van der Waals surface area contributed by atoms with E-state index in [1.807, 2.05) is 65.8 Å². The molecule has 0 saturated carbocycles. The molecule has 0 aliphatic carbocycles. The summed E-state index contributed by atoms with van der Waals surface area (Å²) in [5.41, 5.74) is 2.18. The Balaban J connectivity index is -0.000000306. The molecule has 0 aromatic heterocycles. The van der Waals surface area contributed by atoms with E-state index in [1.54, 1.807) is 0 Å². The van der Waals surface area contributed by atoms with E-state index in [2.05, 4.69) is 20.8 Å². The number of ketones is 1. The molecule has 1 aromatic carbocycles. The molecule has 160 valence electrons. The number of aliphatic hydroxyl groups is 1. The first-order chi connectivity index (χ1) is 12.9. The van der Waals surface area contributed by atoms with Crippen LogP contribution in [-0.2, 0) is 11.4 Å². The normalized spacial score (nSPS) is 10.5. The number of carbonyl (C=O) groups is 1. The molecule has 2 heteroatoms. The Morgan fingerprint density at radius 3 is 1.78 bits per heavy atom. The van der Waals surface area contributed by atoms with Crippen molar-refractivity contribution in [3.05, 3.63) is 35.4 Å².